The average Bonchev–Trinajstić information content (AvgIpc) is 2.73. The molecule has 9 nitrogen and oxygen atoms in total. The minimum absolute atomic E-state index is 0.145. The normalized spacial score (nSPS) is 10.6. The third kappa shape index (κ3) is 6.71. The number of nitro groups is 1. The molecule has 0 atom stereocenters. The summed E-state index contributed by atoms with van der Waals surface area (Å²) in [6, 6.07) is 10.8. The van der Waals surface area contributed by atoms with Gasteiger partial charge in [-0.1, -0.05) is 12.1 Å². The first-order valence-electron chi connectivity index (χ1n) is 9.22. The Morgan fingerprint density at radius 1 is 1.17 bits per heavy atom. The number of nitrogens with one attached hydrogen (secondary N) is 2. The molecule has 0 saturated heterocycles. The van der Waals surface area contributed by atoms with Crippen LogP contribution in [0.4, 0.5) is 17.1 Å². The molecule has 2 aromatic carbocycles. The summed E-state index contributed by atoms with van der Waals surface area (Å²) in [7, 11) is 1.55. The summed E-state index contributed by atoms with van der Waals surface area (Å²) >= 11 is 0. The maximum Gasteiger partial charge on any atom is 0.330 e. The first-order chi connectivity index (χ1) is 14.4. The van der Waals surface area contributed by atoms with Crippen molar-refractivity contribution in [1.29, 1.82) is 0 Å². The summed E-state index contributed by atoms with van der Waals surface area (Å²) in [6.45, 7) is 2.88. The van der Waals surface area contributed by atoms with Crippen molar-refractivity contribution in [2.24, 2.45) is 0 Å². The van der Waals surface area contributed by atoms with Gasteiger partial charge in [0.1, 0.15) is 0 Å². The molecule has 0 aromatic heterocycles. The van der Waals surface area contributed by atoms with Crippen molar-refractivity contribution in [3.8, 4) is 0 Å². The summed E-state index contributed by atoms with van der Waals surface area (Å²) in [5.41, 5.74) is 1.67. The van der Waals surface area contributed by atoms with Gasteiger partial charge in [-0.25, -0.2) is 4.79 Å². The van der Waals surface area contributed by atoms with Gasteiger partial charge in [0.2, 0.25) is 0 Å². The standard InChI is InChI=1S/C21H23N3O6/c1-3-30-20(25)11-6-15-4-7-16(8-5-15)23-21(26)18-14-17(24(27)28)9-10-19(18)22-12-13-29-2/h4-11,14,22H,3,12-13H2,1-2H3,(H,23,26)/b11-6+. The van der Waals surface area contributed by atoms with Gasteiger partial charge in [0.15, 0.2) is 0 Å². The van der Waals surface area contributed by atoms with Crippen molar-refractivity contribution in [1.82, 2.24) is 0 Å². The zero-order valence-corrected chi connectivity index (χ0v) is 16.7. The van der Waals surface area contributed by atoms with Crippen LogP contribution in [0.15, 0.2) is 48.5 Å². The number of hydrogen-bond acceptors (Lipinski definition) is 7. The average molecular weight is 413 g/mol. The Morgan fingerprint density at radius 3 is 2.53 bits per heavy atom. The Bertz CT molecular complexity index is 925. The fourth-order valence-electron chi connectivity index (χ4n) is 2.51. The number of amides is 1. The van der Waals surface area contributed by atoms with Gasteiger partial charge >= 0.3 is 5.97 Å². The molecule has 0 spiro atoms. The second kappa shape index (κ2) is 11.3. The summed E-state index contributed by atoms with van der Waals surface area (Å²) in [6.07, 6.45) is 2.92. The number of methoxy groups -OCH3 is 1. The van der Waals surface area contributed by atoms with Crippen LogP contribution in [0.2, 0.25) is 0 Å². The van der Waals surface area contributed by atoms with E-state index in [-0.39, 0.29) is 11.3 Å². The minimum Gasteiger partial charge on any atom is -0.463 e. The highest BCUT2D eigenvalue weighted by atomic mass is 16.6. The fourth-order valence-corrected chi connectivity index (χ4v) is 2.51. The van der Waals surface area contributed by atoms with Crippen LogP contribution < -0.4 is 10.6 Å². The predicted molar refractivity (Wildman–Crippen MR) is 114 cm³/mol. The van der Waals surface area contributed by atoms with Crippen molar-refractivity contribution in [2.75, 3.05) is 37.5 Å². The van der Waals surface area contributed by atoms with E-state index in [1.54, 1.807) is 44.4 Å². The molecule has 0 unspecified atom stereocenters. The van der Waals surface area contributed by atoms with Crippen LogP contribution in [-0.2, 0) is 14.3 Å². The Morgan fingerprint density at radius 2 is 1.90 bits per heavy atom. The first-order valence-corrected chi connectivity index (χ1v) is 9.22. The van der Waals surface area contributed by atoms with Gasteiger partial charge < -0.3 is 20.1 Å². The van der Waals surface area contributed by atoms with E-state index in [1.165, 1.54) is 24.3 Å². The van der Waals surface area contributed by atoms with Crippen LogP contribution in [0.3, 0.4) is 0 Å². The molecule has 2 aromatic rings. The third-order valence-electron chi connectivity index (χ3n) is 3.95. The fraction of sp³-hybridized carbons (Fsp3) is 0.238. The van der Waals surface area contributed by atoms with Crippen LogP contribution >= 0.6 is 0 Å². The highest BCUT2D eigenvalue weighted by Crippen LogP contribution is 2.23. The van der Waals surface area contributed by atoms with Gasteiger partial charge in [0.25, 0.3) is 11.6 Å². The Kier molecular flexibility index (Phi) is 8.52. The van der Waals surface area contributed by atoms with E-state index in [1.807, 2.05) is 0 Å². The third-order valence-corrected chi connectivity index (χ3v) is 3.95. The van der Waals surface area contributed by atoms with E-state index in [0.29, 0.717) is 31.1 Å². The number of nitrogens with zero attached hydrogens (tertiary/aromatic N) is 1. The second-order valence-corrected chi connectivity index (χ2v) is 6.07. The number of benzene rings is 2. The molecule has 0 radical (unpaired) electrons. The van der Waals surface area contributed by atoms with Gasteiger partial charge in [0.05, 0.1) is 23.7 Å². The number of non-ortho nitro benzene ring substituents is 1. The van der Waals surface area contributed by atoms with E-state index in [2.05, 4.69) is 10.6 Å². The summed E-state index contributed by atoms with van der Waals surface area (Å²) < 4.78 is 9.79. The number of hydrogen-bond donors (Lipinski definition) is 2. The number of carbonyl (C=O) groups excluding carboxylic acids is 2. The van der Waals surface area contributed by atoms with Gasteiger partial charge in [0, 0.05) is 43.2 Å². The molecule has 2 rings (SSSR count). The lowest BCUT2D eigenvalue weighted by Gasteiger charge is -2.12. The van der Waals surface area contributed by atoms with Gasteiger partial charge in [-0.3, -0.25) is 14.9 Å². The lowest BCUT2D eigenvalue weighted by Crippen LogP contribution is -2.16. The zero-order valence-electron chi connectivity index (χ0n) is 16.7. The maximum absolute atomic E-state index is 12.7. The lowest BCUT2D eigenvalue weighted by atomic mass is 10.1. The summed E-state index contributed by atoms with van der Waals surface area (Å²) in [4.78, 5) is 34.6. The number of anilines is 2. The summed E-state index contributed by atoms with van der Waals surface area (Å²) in [5, 5.41) is 16.8. The highest BCUT2D eigenvalue weighted by molar-refractivity contribution is 6.08. The van der Waals surface area contributed by atoms with Crippen molar-refractivity contribution >= 4 is 35.0 Å². The minimum atomic E-state index is -0.555. The first kappa shape index (κ1) is 22.6. The van der Waals surface area contributed by atoms with Crippen LogP contribution in [0.1, 0.15) is 22.8 Å². The van der Waals surface area contributed by atoms with E-state index in [4.69, 9.17) is 9.47 Å². The molecule has 1 amide bonds. The van der Waals surface area contributed by atoms with Crippen LogP contribution in [0, 0.1) is 10.1 Å². The highest BCUT2D eigenvalue weighted by Gasteiger charge is 2.17. The lowest BCUT2D eigenvalue weighted by molar-refractivity contribution is -0.384. The number of carbonyl (C=O) groups is 2. The van der Waals surface area contributed by atoms with Crippen LogP contribution in [-0.4, -0.2) is 43.7 Å². The number of nitro benzene ring substituents is 1. The van der Waals surface area contributed by atoms with Gasteiger partial charge in [-0.15, -0.1) is 0 Å². The molecule has 0 heterocycles. The van der Waals surface area contributed by atoms with Crippen molar-refractivity contribution < 1.29 is 24.0 Å². The molecule has 158 valence electrons. The Labute approximate surface area is 173 Å². The van der Waals surface area contributed by atoms with Gasteiger partial charge in [-0.05, 0) is 36.8 Å². The van der Waals surface area contributed by atoms with E-state index in [0.717, 1.165) is 5.56 Å². The quantitative estimate of drug-likeness (QED) is 0.201. The van der Waals surface area contributed by atoms with Gasteiger partial charge in [-0.2, -0.15) is 0 Å². The van der Waals surface area contributed by atoms with Crippen molar-refractivity contribution in [2.45, 2.75) is 6.92 Å². The van der Waals surface area contributed by atoms with E-state index >= 15 is 0 Å². The number of ether oxygens (including phenoxy) is 2. The summed E-state index contributed by atoms with van der Waals surface area (Å²) in [5.74, 6) is -0.928. The largest absolute Gasteiger partial charge is 0.463 e. The smallest absolute Gasteiger partial charge is 0.330 e. The molecule has 30 heavy (non-hydrogen) atoms. The topological polar surface area (TPSA) is 120 Å². The molecule has 0 aliphatic rings. The second-order valence-electron chi connectivity index (χ2n) is 6.07. The SMILES string of the molecule is CCOC(=O)/C=C/c1ccc(NC(=O)c2cc([N+](=O)[O-])ccc2NCCOC)cc1. The predicted octanol–water partition coefficient (Wildman–Crippen LogP) is 3.48. The van der Waals surface area contributed by atoms with Crippen molar-refractivity contribution in [3.63, 3.8) is 0 Å². The molecule has 0 saturated carbocycles. The number of rotatable bonds is 10. The Hall–Kier alpha value is -3.72. The molecule has 0 fully saturated rings. The Balaban J connectivity index is 2.14. The van der Waals surface area contributed by atoms with Crippen LogP contribution in [0.5, 0.6) is 0 Å². The molecule has 0 aliphatic heterocycles. The monoisotopic (exact) mass is 413 g/mol. The molecule has 2 N–H and O–H groups in total. The zero-order chi connectivity index (χ0) is 21.9. The number of esters is 1. The van der Waals surface area contributed by atoms with E-state index < -0.39 is 16.8 Å². The molecular weight excluding hydrogens is 390 g/mol. The molecule has 0 bridgehead atoms. The molecule has 9 heteroatoms. The van der Waals surface area contributed by atoms with E-state index in [9.17, 15) is 19.7 Å². The molecule has 0 aliphatic carbocycles. The van der Waals surface area contributed by atoms with Crippen LogP contribution in [0.25, 0.3) is 6.08 Å². The van der Waals surface area contributed by atoms with Crippen molar-refractivity contribution in [3.05, 3.63) is 69.8 Å². The molecular formula is C21H23N3O6. The maximum atomic E-state index is 12.7.